The van der Waals surface area contributed by atoms with Crippen molar-refractivity contribution in [1.82, 2.24) is 5.32 Å². The molecule has 4 heteroatoms. The molecule has 25 heavy (non-hydrogen) atoms. The molecule has 0 radical (unpaired) electrons. The molecule has 0 bridgehead atoms. The van der Waals surface area contributed by atoms with Gasteiger partial charge in [0.05, 0.1) is 6.04 Å². The number of aryl methyl sites for hydroxylation is 1. The maximum atomic E-state index is 12.3. The Bertz CT molecular complexity index is 741. The Morgan fingerprint density at radius 3 is 2.36 bits per heavy atom. The summed E-state index contributed by atoms with van der Waals surface area (Å²) in [5.41, 5.74) is 4.13. The van der Waals surface area contributed by atoms with Crippen LogP contribution in [0, 0.1) is 13.8 Å². The van der Waals surface area contributed by atoms with Gasteiger partial charge in [-0.15, -0.1) is 0 Å². The highest BCUT2D eigenvalue weighted by atomic mass is 16.2. The van der Waals surface area contributed by atoms with Gasteiger partial charge in [-0.2, -0.15) is 0 Å². The maximum Gasteiger partial charge on any atom is 0.223 e. The minimum Gasteiger partial charge on any atom is -0.350 e. The molecular formula is C21H26N2O2. The van der Waals surface area contributed by atoms with Gasteiger partial charge in [0.1, 0.15) is 0 Å². The Labute approximate surface area is 149 Å². The van der Waals surface area contributed by atoms with Crippen molar-refractivity contribution in [3.8, 4) is 0 Å². The summed E-state index contributed by atoms with van der Waals surface area (Å²) in [6, 6.07) is 15.7. The van der Waals surface area contributed by atoms with E-state index in [1.807, 2.05) is 69.3 Å². The molecule has 0 aromatic heterocycles. The molecule has 2 rings (SSSR count). The Morgan fingerprint density at radius 1 is 1.04 bits per heavy atom. The predicted octanol–water partition coefficient (Wildman–Crippen LogP) is 3.92. The first-order valence-electron chi connectivity index (χ1n) is 8.58. The van der Waals surface area contributed by atoms with E-state index in [9.17, 15) is 9.59 Å². The first-order valence-corrected chi connectivity index (χ1v) is 8.58. The zero-order valence-electron chi connectivity index (χ0n) is 15.4. The summed E-state index contributed by atoms with van der Waals surface area (Å²) in [6.45, 7) is 7.88. The average molecular weight is 338 g/mol. The number of nitrogens with one attached hydrogen (secondary N) is 1. The largest absolute Gasteiger partial charge is 0.350 e. The second-order valence-corrected chi connectivity index (χ2v) is 6.34. The van der Waals surface area contributed by atoms with Crippen molar-refractivity contribution < 1.29 is 9.59 Å². The number of carbonyl (C=O) groups excluding carboxylic acids is 2. The van der Waals surface area contributed by atoms with Crippen molar-refractivity contribution in [3.05, 3.63) is 65.2 Å². The van der Waals surface area contributed by atoms with E-state index in [2.05, 4.69) is 5.32 Å². The molecule has 132 valence electrons. The van der Waals surface area contributed by atoms with Crippen molar-refractivity contribution >= 4 is 17.5 Å². The van der Waals surface area contributed by atoms with E-state index in [0.717, 1.165) is 22.4 Å². The molecule has 2 aromatic carbocycles. The third kappa shape index (κ3) is 4.92. The molecule has 1 N–H and O–H groups in total. The standard InChI is InChI=1S/C21H26N2O2/c1-15-9-8-12-20(16(15)2)23(18(4)24)14-13-21(25)22-17(3)19-10-6-5-7-11-19/h5-12,17H,13-14H2,1-4H3,(H,22,25). The molecule has 0 aliphatic carbocycles. The molecule has 0 spiro atoms. The SMILES string of the molecule is CC(=O)N(CCC(=O)NC(C)c1ccccc1)c1cccc(C)c1C. The number of carbonyl (C=O) groups is 2. The van der Waals surface area contributed by atoms with Crippen LogP contribution in [-0.2, 0) is 9.59 Å². The zero-order valence-corrected chi connectivity index (χ0v) is 15.4. The van der Waals surface area contributed by atoms with Gasteiger partial charge in [0.2, 0.25) is 11.8 Å². The molecule has 1 unspecified atom stereocenters. The number of hydrogen-bond donors (Lipinski definition) is 1. The molecule has 0 saturated carbocycles. The zero-order chi connectivity index (χ0) is 18.4. The fourth-order valence-electron chi connectivity index (χ4n) is 2.83. The Kier molecular flexibility index (Phi) is 6.34. The summed E-state index contributed by atoms with van der Waals surface area (Å²) in [4.78, 5) is 26.0. The van der Waals surface area contributed by atoms with Crippen molar-refractivity contribution in [3.63, 3.8) is 0 Å². The number of benzene rings is 2. The molecule has 0 saturated heterocycles. The number of rotatable bonds is 6. The van der Waals surface area contributed by atoms with Crippen LogP contribution in [0.2, 0.25) is 0 Å². The van der Waals surface area contributed by atoms with Crippen molar-refractivity contribution in [2.75, 3.05) is 11.4 Å². The van der Waals surface area contributed by atoms with E-state index < -0.39 is 0 Å². The van der Waals surface area contributed by atoms with Gasteiger partial charge in [-0.3, -0.25) is 9.59 Å². The van der Waals surface area contributed by atoms with Crippen molar-refractivity contribution in [1.29, 1.82) is 0 Å². The fraction of sp³-hybridized carbons (Fsp3) is 0.333. The summed E-state index contributed by atoms with van der Waals surface area (Å²) in [5, 5.41) is 2.99. The molecule has 2 amide bonds. The molecule has 0 aliphatic rings. The summed E-state index contributed by atoms with van der Waals surface area (Å²) in [5.74, 6) is -0.120. The highest BCUT2D eigenvalue weighted by molar-refractivity contribution is 5.93. The normalized spacial score (nSPS) is 11.7. The molecule has 0 heterocycles. The van der Waals surface area contributed by atoms with Crippen LogP contribution in [-0.4, -0.2) is 18.4 Å². The summed E-state index contributed by atoms with van der Waals surface area (Å²) < 4.78 is 0. The Morgan fingerprint density at radius 2 is 1.72 bits per heavy atom. The topological polar surface area (TPSA) is 49.4 Å². The monoisotopic (exact) mass is 338 g/mol. The lowest BCUT2D eigenvalue weighted by Gasteiger charge is -2.24. The van der Waals surface area contributed by atoms with E-state index in [-0.39, 0.29) is 24.3 Å². The number of amides is 2. The lowest BCUT2D eigenvalue weighted by molar-refractivity contribution is -0.121. The van der Waals surface area contributed by atoms with Crippen LogP contribution in [0.25, 0.3) is 0 Å². The third-order valence-electron chi connectivity index (χ3n) is 4.49. The third-order valence-corrected chi connectivity index (χ3v) is 4.49. The minimum absolute atomic E-state index is 0.0554. The van der Waals surface area contributed by atoms with Crippen LogP contribution in [0.4, 0.5) is 5.69 Å². The van der Waals surface area contributed by atoms with Gasteiger partial charge in [-0.05, 0) is 43.5 Å². The average Bonchev–Trinajstić information content (AvgIpc) is 2.59. The van der Waals surface area contributed by atoms with E-state index in [4.69, 9.17) is 0 Å². The van der Waals surface area contributed by atoms with Gasteiger partial charge < -0.3 is 10.2 Å². The van der Waals surface area contributed by atoms with Crippen LogP contribution in [0.5, 0.6) is 0 Å². The van der Waals surface area contributed by atoms with Crippen molar-refractivity contribution in [2.45, 2.75) is 40.2 Å². The highest BCUT2D eigenvalue weighted by Crippen LogP contribution is 2.23. The van der Waals surface area contributed by atoms with E-state index in [1.165, 1.54) is 6.92 Å². The highest BCUT2D eigenvalue weighted by Gasteiger charge is 2.17. The van der Waals surface area contributed by atoms with Crippen LogP contribution < -0.4 is 10.2 Å². The van der Waals surface area contributed by atoms with Crippen LogP contribution >= 0.6 is 0 Å². The van der Waals surface area contributed by atoms with E-state index in [0.29, 0.717) is 6.54 Å². The van der Waals surface area contributed by atoms with Gasteiger partial charge in [-0.25, -0.2) is 0 Å². The van der Waals surface area contributed by atoms with Gasteiger partial charge in [0.25, 0.3) is 0 Å². The van der Waals surface area contributed by atoms with Crippen LogP contribution in [0.3, 0.4) is 0 Å². The lowest BCUT2D eigenvalue weighted by Crippen LogP contribution is -2.35. The van der Waals surface area contributed by atoms with Gasteiger partial charge in [0.15, 0.2) is 0 Å². The molecule has 0 fully saturated rings. The first-order chi connectivity index (χ1) is 11.9. The number of anilines is 1. The first kappa shape index (κ1) is 18.7. The van der Waals surface area contributed by atoms with Crippen molar-refractivity contribution in [2.24, 2.45) is 0 Å². The molecule has 1 atom stereocenters. The van der Waals surface area contributed by atoms with Gasteiger partial charge >= 0.3 is 0 Å². The van der Waals surface area contributed by atoms with Gasteiger partial charge in [0, 0.05) is 25.6 Å². The summed E-state index contributed by atoms with van der Waals surface area (Å²) in [6.07, 6.45) is 0.268. The lowest BCUT2D eigenvalue weighted by atomic mass is 10.1. The number of hydrogen-bond acceptors (Lipinski definition) is 2. The maximum absolute atomic E-state index is 12.3. The molecule has 4 nitrogen and oxygen atoms in total. The Hall–Kier alpha value is -2.62. The van der Waals surface area contributed by atoms with E-state index >= 15 is 0 Å². The summed E-state index contributed by atoms with van der Waals surface area (Å²) >= 11 is 0. The molecular weight excluding hydrogens is 312 g/mol. The van der Waals surface area contributed by atoms with Crippen LogP contribution in [0.1, 0.15) is 43.0 Å². The smallest absolute Gasteiger partial charge is 0.223 e. The van der Waals surface area contributed by atoms with Crippen LogP contribution in [0.15, 0.2) is 48.5 Å². The van der Waals surface area contributed by atoms with Gasteiger partial charge in [-0.1, -0.05) is 42.5 Å². The van der Waals surface area contributed by atoms with E-state index in [1.54, 1.807) is 4.90 Å². The second kappa shape index (κ2) is 8.47. The second-order valence-electron chi connectivity index (χ2n) is 6.34. The Balaban J connectivity index is 2.00. The number of nitrogens with zero attached hydrogens (tertiary/aromatic N) is 1. The quantitative estimate of drug-likeness (QED) is 0.868. The fourth-order valence-corrected chi connectivity index (χ4v) is 2.83. The minimum atomic E-state index is -0.0621. The molecule has 0 aliphatic heterocycles. The summed E-state index contributed by atoms with van der Waals surface area (Å²) in [7, 11) is 0. The molecule has 2 aromatic rings. The predicted molar refractivity (Wildman–Crippen MR) is 102 cm³/mol.